The van der Waals surface area contributed by atoms with Gasteiger partial charge in [0.25, 0.3) is 0 Å². The number of alkyl halides is 3. The number of aromatic hydroxyl groups is 1. The highest BCUT2D eigenvalue weighted by Gasteiger charge is 2.44. The highest BCUT2D eigenvalue weighted by atomic mass is 79.9. The summed E-state index contributed by atoms with van der Waals surface area (Å²) in [6.07, 6.45) is 21.2. The summed E-state index contributed by atoms with van der Waals surface area (Å²) in [7, 11) is 0. The minimum Gasteiger partial charge on any atom is -0.508 e. The summed E-state index contributed by atoms with van der Waals surface area (Å²) in [4.78, 5) is 74.8. The zero-order chi connectivity index (χ0) is 91.6. The number of aromatic nitrogens is 18. The molecule has 12 aromatic heterocycles. The zero-order valence-electron chi connectivity index (χ0n) is 74.3. The van der Waals surface area contributed by atoms with Crippen molar-refractivity contribution in [2.75, 3.05) is 0 Å². The van der Waals surface area contributed by atoms with Crippen molar-refractivity contribution in [1.29, 1.82) is 5.26 Å². The molecule has 0 saturated heterocycles. The number of nitrogens with one attached hydrogen (secondary N) is 6. The van der Waals surface area contributed by atoms with E-state index in [9.17, 15) is 22.7 Å². The number of benzene rings is 6. The Labute approximate surface area is 759 Å². The number of hydrogen-bond acceptors (Lipinski definition) is 15. The van der Waals surface area contributed by atoms with Crippen LogP contribution in [0.2, 0.25) is 0 Å². The van der Waals surface area contributed by atoms with Gasteiger partial charge in [-0.3, -0.25) is 19.9 Å². The Morgan fingerprint density at radius 3 is 1.78 bits per heavy atom. The minimum absolute atomic E-state index is 0.0351. The molecule has 7 N–H and O–H groups in total. The lowest BCUT2D eigenvalue weighted by Crippen LogP contribution is -2.23. The van der Waals surface area contributed by atoms with E-state index in [1.165, 1.54) is 56.9 Å². The number of unbranched alkanes of at least 4 members (excludes halogenated alkanes) is 1. The molecule has 0 amide bonds. The van der Waals surface area contributed by atoms with Gasteiger partial charge in [0.2, 0.25) is 12.5 Å². The summed E-state index contributed by atoms with van der Waals surface area (Å²) >= 11 is 5.49. The first-order chi connectivity index (χ1) is 62.2. The third kappa shape index (κ3) is 22.3. The maximum atomic E-state index is 13.6. The van der Waals surface area contributed by atoms with Crippen LogP contribution in [0.5, 0.6) is 5.75 Å². The molecule has 0 fully saturated rings. The topological polar surface area (TPSA) is 298 Å². The van der Waals surface area contributed by atoms with Gasteiger partial charge in [0.05, 0.1) is 94.2 Å². The van der Waals surface area contributed by atoms with Gasteiger partial charge < -0.3 is 39.9 Å². The average molecular weight is 1810 g/mol. The first-order valence-corrected chi connectivity index (χ1v) is 44.7. The molecule has 3 unspecified atom stereocenters. The summed E-state index contributed by atoms with van der Waals surface area (Å²) in [6, 6.07) is 48.4. The quantitative estimate of drug-likeness (QED) is 0.0152. The van der Waals surface area contributed by atoms with E-state index < -0.39 is 18.0 Å². The Kier molecular flexibility index (Phi) is 30.8. The summed E-state index contributed by atoms with van der Waals surface area (Å²) in [6.45, 7) is 34.0. The largest absolute Gasteiger partial charge is 0.508 e. The molecule has 12 heterocycles. The molecule has 21 nitrogen and oxygen atoms in total. The van der Waals surface area contributed by atoms with Crippen molar-refractivity contribution in [3.8, 4) is 11.8 Å². The van der Waals surface area contributed by atoms with Crippen molar-refractivity contribution in [3.05, 3.63) is 355 Å². The molecule has 129 heavy (non-hydrogen) atoms. The van der Waals surface area contributed by atoms with Crippen molar-refractivity contribution in [2.24, 2.45) is 0 Å². The Bertz CT molecular complexity index is 6970. The van der Waals surface area contributed by atoms with E-state index in [1.54, 1.807) is 75.3 Å². The fourth-order valence-electron chi connectivity index (χ4n) is 16.6. The lowest BCUT2D eigenvalue weighted by molar-refractivity contribution is -0.141. The molecule has 5 atom stereocenters. The SMILES string of the molecule is CCC(c1nc[nH]c1C)c1cc(Br)cc2ncccc12.CCCCC(c1nc[nH]c1C)c1cccc2cc(F)ncc12.CCC[C@@H](c1cc2ccc(C)nc2cc1O)c1nc[nH]c1C.Cc1[nH]cnc1C(C)c1cccc2nccc(SC(C)C)c12.Cc1[nH]cnc1Cc1cccc2cnc(C#N)cc12.[C-]#[N+]Cc1cnc2ccc([C@H](c3nc[nH]c3C)C(F)(F)F)cc2c1. The van der Waals surface area contributed by atoms with E-state index >= 15 is 0 Å². The molecular formula is C102H103BrF4N20OS. The number of pyridine rings is 6. The van der Waals surface area contributed by atoms with Crippen LogP contribution in [0.4, 0.5) is 17.6 Å². The van der Waals surface area contributed by atoms with Crippen molar-refractivity contribution >= 4 is 92.8 Å². The molecule has 27 heteroatoms. The van der Waals surface area contributed by atoms with Crippen LogP contribution in [0.1, 0.15) is 228 Å². The fraction of sp³-hybridized carbons (Fsp3) is 0.275. The van der Waals surface area contributed by atoms with Crippen molar-refractivity contribution in [2.45, 2.75) is 187 Å². The number of aryl methyl sites for hydroxylation is 7. The standard InChI is InChI=1S/C18H20FN3.C18H21N3O.C18H21N3S.C17H13F3N4.C16H16BrN3.C15H12N4/c1-3-4-7-15(18-12(2)21-11-22-18)14-8-5-6-13-9-17(19)20-10-16(13)14;1-4-5-14(18-12(3)19-10-20-18)15-8-13-7-6-11(2)21-16(13)9-17(15)22;1-11(2)22-16-8-9-19-15-7-5-6-14(17(15)16)12(3)18-13(4)20-10-21-18;1-10-16(24-9-23-10)15(17(18,19)20)12-3-4-14-13(6-12)5-11(7-21-2)8-22-14;1-3-12(16-10(2)19-9-20-16)14-7-11(17)8-15-13(14)5-4-6-18-15;1-10-15(19-9-18-10)5-11-3-2-4-12-8-17-13(7-16)6-14(11)12/h5-6,8-11,15H,3-4,7H2,1-2H3,(H,21,22);6-10,14,22H,4-5H2,1-3H3,(H,19,20);5-12H,1-4H3,(H,20,21);3-6,8-9,15H,7H2,1H3,(H,23,24);4-9,12H,3H2,1-2H3,(H,19,20);2-4,6,8-9H,5H2,1H3,(H,18,19)/t;14-;;15-;;/m.0.1../s1. The maximum Gasteiger partial charge on any atom is 0.401 e. The first kappa shape index (κ1) is 93.0. The third-order valence-corrected chi connectivity index (χ3v) is 24.5. The average Bonchev–Trinajstić information content (AvgIpc) is 1.41. The van der Waals surface area contributed by atoms with E-state index in [2.05, 4.69) is 233 Å². The van der Waals surface area contributed by atoms with Crippen LogP contribution in [0.25, 0.3) is 70.0 Å². The van der Waals surface area contributed by atoms with Crippen LogP contribution in [0.3, 0.4) is 0 Å². The van der Waals surface area contributed by atoms with Crippen LogP contribution in [0, 0.1) is 72.3 Å². The molecule has 0 saturated carbocycles. The molecule has 0 bridgehead atoms. The molecule has 0 aliphatic heterocycles. The number of H-pyrrole nitrogens is 6. The van der Waals surface area contributed by atoms with Gasteiger partial charge in [-0.15, -0.1) is 11.8 Å². The summed E-state index contributed by atoms with van der Waals surface area (Å²) < 4.78 is 55.4. The third-order valence-electron chi connectivity index (χ3n) is 23.0. The number of thioether (sulfide) groups is 1. The van der Waals surface area contributed by atoms with E-state index in [-0.39, 0.29) is 41.5 Å². The molecule has 6 aromatic carbocycles. The highest BCUT2D eigenvalue weighted by Crippen LogP contribution is 2.44. The number of phenolic OH excluding ortho intramolecular Hbond substituents is 1. The summed E-state index contributed by atoms with van der Waals surface area (Å²) in [5.41, 5.74) is 22.7. The van der Waals surface area contributed by atoms with Gasteiger partial charge in [-0.1, -0.05) is 143 Å². The predicted octanol–water partition coefficient (Wildman–Crippen LogP) is 25.5. The van der Waals surface area contributed by atoms with Crippen LogP contribution < -0.4 is 0 Å². The second-order valence-electron chi connectivity index (χ2n) is 32.3. The summed E-state index contributed by atoms with van der Waals surface area (Å²) in [5, 5.41) is 28.1. The van der Waals surface area contributed by atoms with Crippen LogP contribution in [0.15, 0.2) is 224 Å². The van der Waals surface area contributed by atoms with E-state index in [1.807, 2.05) is 100 Å². The van der Waals surface area contributed by atoms with Gasteiger partial charge in [0, 0.05) is 171 Å². The number of aromatic amines is 6. The van der Waals surface area contributed by atoms with Gasteiger partial charge in [0.15, 0.2) is 0 Å². The molecule has 18 aromatic rings. The number of halogens is 5. The Balaban J connectivity index is 0.000000132. The second kappa shape index (κ2) is 42.8. The molecule has 0 spiro atoms. The number of rotatable bonds is 21. The van der Waals surface area contributed by atoms with Crippen LogP contribution in [-0.2, 0) is 13.0 Å². The van der Waals surface area contributed by atoms with Gasteiger partial charge in [-0.25, -0.2) is 46.4 Å². The number of nitrogens with zero attached hydrogens (tertiary/aromatic N) is 14. The van der Waals surface area contributed by atoms with Gasteiger partial charge in [-0.05, 0) is 173 Å². The van der Waals surface area contributed by atoms with Gasteiger partial charge >= 0.3 is 6.18 Å². The zero-order valence-corrected chi connectivity index (χ0v) is 76.7. The van der Waals surface area contributed by atoms with Crippen LogP contribution >= 0.6 is 27.7 Å². The lowest BCUT2D eigenvalue weighted by atomic mass is 9.87. The fourth-order valence-corrected chi connectivity index (χ4v) is 18.0. The van der Waals surface area contributed by atoms with Gasteiger partial charge in [0.1, 0.15) is 23.4 Å². The predicted molar refractivity (Wildman–Crippen MR) is 509 cm³/mol. The summed E-state index contributed by atoms with van der Waals surface area (Å²) in [5.74, 6) is -1.12. The maximum absolute atomic E-state index is 13.6. The first-order valence-electron chi connectivity index (χ1n) is 43.0. The Morgan fingerprint density at radius 1 is 0.504 bits per heavy atom. The van der Waals surface area contributed by atoms with E-state index in [0.29, 0.717) is 38.9 Å². The number of imidazole rings is 6. The molecule has 0 aliphatic carbocycles. The van der Waals surface area contributed by atoms with Crippen molar-refractivity contribution < 1.29 is 22.7 Å². The lowest BCUT2D eigenvalue weighted by Gasteiger charge is -2.20. The van der Waals surface area contributed by atoms with Gasteiger partial charge in [-0.2, -0.15) is 22.8 Å². The molecule has 0 radical (unpaired) electrons. The Hall–Kier alpha value is -13.6. The second-order valence-corrected chi connectivity index (χ2v) is 34.8. The van der Waals surface area contributed by atoms with Crippen molar-refractivity contribution in [3.63, 3.8) is 0 Å². The van der Waals surface area contributed by atoms with Crippen molar-refractivity contribution in [1.82, 2.24) is 89.7 Å². The minimum atomic E-state index is -4.46. The number of phenols is 1. The number of hydrogen-bond donors (Lipinski definition) is 7. The number of nitriles is 1. The normalized spacial score (nSPS) is 12.5. The smallest absolute Gasteiger partial charge is 0.401 e. The Morgan fingerprint density at radius 2 is 1.14 bits per heavy atom. The van der Waals surface area contributed by atoms with Crippen LogP contribution in [-0.4, -0.2) is 106 Å². The monoisotopic (exact) mass is 1810 g/mol. The molecule has 18 rings (SSSR count). The molecule has 0 aliphatic rings. The number of fused-ring (bicyclic) bond motifs is 6. The molecule has 658 valence electrons. The van der Waals surface area contributed by atoms with E-state index in [4.69, 9.17) is 11.8 Å². The molecular weight excluding hydrogens is 1710 g/mol. The van der Waals surface area contributed by atoms with E-state index in [0.717, 1.165) is 167 Å². The highest BCUT2D eigenvalue weighted by molar-refractivity contribution is 9.10.